The van der Waals surface area contributed by atoms with Crippen molar-refractivity contribution in [2.45, 2.75) is 154 Å². The fourth-order valence-electron chi connectivity index (χ4n) is 6.25. The van der Waals surface area contributed by atoms with E-state index < -0.39 is 5.97 Å². The van der Waals surface area contributed by atoms with Crippen molar-refractivity contribution in [1.29, 1.82) is 0 Å². The maximum absolute atomic E-state index is 13.1. The summed E-state index contributed by atoms with van der Waals surface area (Å²) in [4.78, 5) is 13.1. The maximum Gasteiger partial charge on any atom is 0.336 e. The molecule has 0 bridgehead atoms. The molecule has 0 fully saturated rings. The minimum atomic E-state index is -0.695. The summed E-state index contributed by atoms with van der Waals surface area (Å²) in [5.74, 6) is -0.695. The zero-order valence-electron chi connectivity index (χ0n) is 22.6. The number of hydrogen-bond donors (Lipinski definition) is 1. The lowest BCUT2D eigenvalue weighted by molar-refractivity contribution is -0.132. The first-order valence-electron chi connectivity index (χ1n) is 15.3. The lowest BCUT2D eigenvalue weighted by Crippen LogP contribution is -2.12. The summed E-state index contributed by atoms with van der Waals surface area (Å²) < 4.78 is 0. The van der Waals surface area contributed by atoms with Crippen molar-refractivity contribution in [1.82, 2.24) is 0 Å². The highest BCUT2D eigenvalue weighted by Crippen LogP contribution is 2.37. The van der Waals surface area contributed by atoms with Gasteiger partial charge < -0.3 is 5.11 Å². The van der Waals surface area contributed by atoms with Crippen molar-refractivity contribution in [2.24, 2.45) is 0 Å². The molecule has 0 aromatic carbocycles. The fourth-order valence-corrected chi connectivity index (χ4v) is 6.25. The fraction of sp³-hybridized carbons (Fsp3) is 0.727. The number of carbonyl (C=O) groups is 1. The molecule has 0 saturated heterocycles. The van der Waals surface area contributed by atoms with E-state index in [2.05, 4.69) is 18.2 Å². The third kappa shape index (κ3) is 10.1. The molecule has 0 aromatic heterocycles. The Morgan fingerprint density at radius 2 is 0.771 bits per heavy atom. The van der Waals surface area contributed by atoms with Crippen molar-refractivity contribution in [3.8, 4) is 0 Å². The van der Waals surface area contributed by atoms with Crippen molar-refractivity contribution < 1.29 is 9.90 Å². The summed E-state index contributed by atoms with van der Waals surface area (Å²) >= 11 is 0. The van der Waals surface area contributed by atoms with Crippen LogP contribution in [0.15, 0.2) is 46.1 Å². The van der Waals surface area contributed by atoms with E-state index in [4.69, 9.17) is 0 Å². The number of allylic oxidation sites excluding steroid dienone is 6. The van der Waals surface area contributed by atoms with Gasteiger partial charge in [-0.2, -0.15) is 0 Å². The average Bonchev–Trinajstić information content (AvgIpc) is 2.87. The van der Waals surface area contributed by atoms with Gasteiger partial charge in [-0.1, -0.05) is 95.3 Å². The van der Waals surface area contributed by atoms with Gasteiger partial charge in [0.25, 0.3) is 0 Å². The predicted octanol–water partition coefficient (Wildman–Crippen LogP) is 10.5. The van der Waals surface area contributed by atoms with Crippen LogP contribution in [-0.4, -0.2) is 11.1 Å². The van der Waals surface area contributed by atoms with E-state index in [-0.39, 0.29) is 0 Å². The van der Waals surface area contributed by atoms with E-state index in [1.54, 1.807) is 0 Å². The van der Waals surface area contributed by atoms with Crippen LogP contribution in [0.4, 0.5) is 0 Å². The van der Waals surface area contributed by atoms with Gasteiger partial charge in [-0.15, -0.1) is 0 Å². The van der Waals surface area contributed by atoms with Crippen LogP contribution < -0.4 is 0 Å². The minimum absolute atomic E-state index is 0.664. The number of carboxylic acid groups (broad SMARTS) is 1. The SMILES string of the molecule is O=C(O)C(=C(C1=C/CCCCCCCC\1)/C1=C/CCCCCCCC1)/C1=C/CCCCCCCC1. The molecular weight excluding hydrogens is 428 g/mol. The van der Waals surface area contributed by atoms with Crippen molar-refractivity contribution in [3.05, 3.63) is 46.1 Å². The van der Waals surface area contributed by atoms with E-state index in [0.717, 1.165) is 56.1 Å². The second-order valence-corrected chi connectivity index (χ2v) is 11.2. The maximum atomic E-state index is 13.1. The van der Waals surface area contributed by atoms with Crippen LogP contribution >= 0.6 is 0 Å². The molecule has 35 heavy (non-hydrogen) atoms. The summed E-state index contributed by atoms with van der Waals surface area (Å²) in [5, 5.41) is 10.7. The number of aliphatic carboxylic acids is 1. The van der Waals surface area contributed by atoms with Crippen LogP contribution in [-0.2, 0) is 4.79 Å². The van der Waals surface area contributed by atoms with Gasteiger partial charge in [0.1, 0.15) is 0 Å². The van der Waals surface area contributed by atoms with Crippen LogP contribution in [0.5, 0.6) is 0 Å². The van der Waals surface area contributed by atoms with Crippen LogP contribution in [0.2, 0.25) is 0 Å². The Kier molecular flexibility index (Phi) is 13.6. The standard InChI is InChI=1S/C33H52O2/c34-33(35)32(30-26-20-14-8-3-9-15-21-27-30)31(28-22-16-10-4-1-5-11-17-23-28)29-24-18-12-6-2-7-13-19-25-29/h22,24,26H,1-21,23,25,27H2,(H,34,35)/b28-22+,29-24+,30-26+. The Labute approximate surface area is 216 Å². The molecular formula is C33H52O2. The molecule has 0 aliphatic heterocycles. The molecule has 3 aliphatic rings. The van der Waals surface area contributed by atoms with Crippen LogP contribution in [0.25, 0.3) is 0 Å². The molecule has 0 spiro atoms. The van der Waals surface area contributed by atoms with Gasteiger partial charge >= 0.3 is 5.97 Å². The zero-order chi connectivity index (χ0) is 24.6. The first-order chi connectivity index (χ1) is 17.3. The number of carboxylic acids is 1. The molecule has 2 nitrogen and oxygen atoms in total. The highest BCUT2D eigenvalue weighted by Gasteiger charge is 2.24. The molecule has 1 N–H and O–H groups in total. The van der Waals surface area contributed by atoms with Gasteiger partial charge in [0.05, 0.1) is 5.57 Å². The Morgan fingerprint density at radius 3 is 1.17 bits per heavy atom. The molecule has 0 radical (unpaired) electrons. The van der Waals surface area contributed by atoms with E-state index in [0.29, 0.717) is 5.57 Å². The first-order valence-corrected chi connectivity index (χ1v) is 15.3. The Hall–Kier alpha value is -1.57. The minimum Gasteiger partial charge on any atom is -0.478 e. The quantitative estimate of drug-likeness (QED) is 0.406. The van der Waals surface area contributed by atoms with E-state index in [1.807, 2.05) is 0 Å². The van der Waals surface area contributed by atoms with Gasteiger partial charge in [0.2, 0.25) is 0 Å². The molecule has 2 heteroatoms. The molecule has 0 heterocycles. The zero-order valence-corrected chi connectivity index (χ0v) is 22.6. The number of rotatable bonds is 4. The molecule has 0 amide bonds. The molecule has 0 unspecified atom stereocenters. The molecule has 196 valence electrons. The summed E-state index contributed by atoms with van der Waals surface area (Å²) in [6.07, 6.45) is 36.2. The second kappa shape index (κ2) is 17.0. The second-order valence-electron chi connectivity index (χ2n) is 11.2. The third-order valence-corrected chi connectivity index (χ3v) is 8.30. The summed E-state index contributed by atoms with van der Waals surface area (Å²) in [7, 11) is 0. The molecule has 3 aliphatic carbocycles. The van der Waals surface area contributed by atoms with Gasteiger partial charge in [-0.05, 0) is 99.3 Å². The molecule has 0 aromatic rings. The predicted molar refractivity (Wildman–Crippen MR) is 150 cm³/mol. The Bertz CT molecular complexity index is 728. The largest absolute Gasteiger partial charge is 0.478 e. The monoisotopic (exact) mass is 480 g/mol. The van der Waals surface area contributed by atoms with E-state index in [9.17, 15) is 9.90 Å². The van der Waals surface area contributed by atoms with Gasteiger partial charge in [-0.25, -0.2) is 4.79 Å². The first kappa shape index (κ1) is 28.0. The number of hydrogen-bond acceptors (Lipinski definition) is 1. The lowest BCUT2D eigenvalue weighted by Gasteiger charge is -2.23. The lowest BCUT2D eigenvalue weighted by atomic mass is 9.81. The Morgan fingerprint density at radius 1 is 0.457 bits per heavy atom. The van der Waals surface area contributed by atoms with Crippen LogP contribution in [0.3, 0.4) is 0 Å². The summed E-state index contributed by atoms with van der Waals surface area (Å²) in [6.45, 7) is 0. The normalized spacial score (nSPS) is 27.0. The summed E-state index contributed by atoms with van der Waals surface area (Å²) in [6, 6.07) is 0. The van der Waals surface area contributed by atoms with Crippen molar-refractivity contribution in [3.63, 3.8) is 0 Å². The van der Waals surface area contributed by atoms with Gasteiger partial charge in [-0.3, -0.25) is 0 Å². The van der Waals surface area contributed by atoms with Gasteiger partial charge in [0.15, 0.2) is 0 Å². The van der Waals surface area contributed by atoms with Crippen LogP contribution in [0.1, 0.15) is 154 Å². The highest BCUT2D eigenvalue weighted by atomic mass is 16.4. The molecule has 0 saturated carbocycles. The third-order valence-electron chi connectivity index (χ3n) is 8.30. The topological polar surface area (TPSA) is 37.3 Å². The molecule has 3 rings (SSSR count). The summed E-state index contributed by atoms with van der Waals surface area (Å²) in [5.41, 5.74) is 5.64. The Balaban J connectivity index is 2.10. The van der Waals surface area contributed by atoms with Crippen molar-refractivity contribution in [2.75, 3.05) is 0 Å². The van der Waals surface area contributed by atoms with Crippen LogP contribution in [0, 0.1) is 0 Å². The van der Waals surface area contributed by atoms with Crippen molar-refractivity contribution >= 4 is 5.97 Å². The average molecular weight is 481 g/mol. The van der Waals surface area contributed by atoms with E-state index in [1.165, 1.54) is 120 Å². The molecule has 0 atom stereocenters. The van der Waals surface area contributed by atoms with E-state index >= 15 is 0 Å². The van der Waals surface area contributed by atoms with Gasteiger partial charge in [0, 0.05) is 0 Å². The smallest absolute Gasteiger partial charge is 0.336 e. The highest BCUT2D eigenvalue weighted by molar-refractivity contribution is 5.95.